The van der Waals surface area contributed by atoms with E-state index in [9.17, 15) is 9.59 Å². The number of aromatic amines is 1. The fraction of sp³-hybridized carbons (Fsp3) is 0.0455. The van der Waals surface area contributed by atoms with Crippen molar-refractivity contribution >= 4 is 23.2 Å². The van der Waals surface area contributed by atoms with Gasteiger partial charge < -0.3 is 10.1 Å². The van der Waals surface area contributed by atoms with Gasteiger partial charge in [0.1, 0.15) is 12.4 Å². The fourth-order valence-electron chi connectivity index (χ4n) is 2.85. The topological polar surface area (TPSA) is 97.2 Å². The number of halogens is 1. The van der Waals surface area contributed by atoms with E-state index in [-0.39, 0.29) is 18.3 Å². The van der Waals surface area contributed by atoms with E-state index in [4.69, 9.17) is 16.3 Å². The molecule has 0 aliphatic rings. The van der Waals surface area contributed by atoms with E-state index in [1.54, 1.807) is 54.6 Å². The first-order valence-corrected chi connectivity index (χ1v) is 9.41. The van der Waals surface area contributed by atoms with Gasteiger partial charge in [-0.05, 0) is 30.3 Å². The highest BCUT2D eigenvalue weighted by atomic mass is 35.5. The van der Waals surface area contributed by atoms with Crippen molar-refractivity contribution in [2.45, 2.75) is 6.61 Å². The molecule has 0 saturated carbocycles. The molecule has 8 heteroatoms. The maximum absolute atomic E-state index is 12.9. The predicted octanol–water partition coefficient (Wildman–Crippen LogP) is 4.51. The first-order valence-electron chi connectivity index (χ1n) is 9.03. The van der Waals surface area contributed by atoms with Gasteiger partial charge in [-0.2, -0.15) is 0 Å². The van der Waals surface area contributed by atoms with Crippen molar-refractivity contribution in [1.29, 1.82) is 0 Å². The number of para-hydroxylation sites is 1. The number of carbonyl (C=O) groups excluding carboxylic acids is 1. The third-order valence-electron chi connectivity index (χ3n) is 4.31. The van der Waals surface area contributed by atoms with Crippen LogP contribution >= 0.6 is 11.6 Å². The van der Waals surface area contributed by atoms with E-state index in [0.29, 0.717) is 27.6 Å². The predicted molar refractivity (Wildman–Crippen MR) is 113 cm³/mol. The van der Waals surface area contributed by atoms with Crippen LogP contribution in [0.3, 0.4) is 0 Å². The molecule has 4 aromatic rings. The molecule has 0 aliphatic heterocycles. The van der Waals surface area contributed by atoms with Gasteiger partial charge in [0.25, 0.3) is 5.91 Å². The molecule has 0 saturated heterocycles. The summed E-state index contributed by atoms with van der Waals surface area (Å²) in [7, 11) is 0. The maximum atomic E-state index is 12.9. The lowest BCUT2D eigenvalue weighted by atomic mass is 10.1. The van der Waals surface area contributed by atoms with Gasteiger partial charge in [0.15, 0.2) is 5.82 Å². The molecule has 0 spiro atoms. The molecule has 0 unspecified atom stereocenters. The largest absolute Gasteiger partial charge is 0.488 e. The lowest BCUT2D eigenvalue weighted by molar-refractivity contribution is 0.102. The van der Waals surface area contributed by atoms with Crippen LogP contribution in [0.15, 0.2) is 82.1 Å². The Morgan fingerprint density at radius 1 is 1.07 bits per heavy atom. The zero-order chi connectivity index (χ0) is 20.9. The molecule has 1 heterocycles. The Morgan fingerprint density at radius 3 is 2.67 bits per heavy atom. The summed E-state index contributed by atoms with van der Waals surface area (Å²) in [6.07, 6.45) is 0. The summed E-state index contributed by atoms with van der Waals surface area (Å²) in [5.41, 5.74) is 2.33. The first kappa shape index (κ1) is 19.5. The third-order valence-corrected chi connectivity index (χ3v) is 4.68. The van der Waals surface area contributed by atoms with Crippen LogP contribution in [0.4, 0.5) is 5.69 Å². The SMILES string of the molecule is O=C(Nc1cccc(-c2noc(=O)[nH]2)c1)c1ccccc1OCc1ccccc1Cl. The summed E-state index contributed by atoms with van der Waals surface area (Å²) in [4.78, 5) is 26.5. The van der Waals surface area contributed by atoms with Crippen molar-refractivity contribution < 1.29 is 14.1 Å². The molecule has 30 heavy (non-hydrogen) atoms. The van der Waals surface area contributed by atoms with Crippen LogP contribution < -0.4 is 15.8 Å². The Morgan fingerprint density at radius 2 is 1.87 bits per heavy atom. The molecule has 4 rings (SSSR count). The molecule has 150 valence electrons. The van der Waals surface area contributed by atoms with Crippen LogP contribution in [-0.2, 0) is 6.61 Å². The maximum Gasteiger partial charge on any atom is 0.439 e. The van der Waals surface area contributed by atoms with Gasteiger partial charge in [-0.3, -0.25) is 14.3 Å². The first-order chi connectivity index (χ1) is 14.6. The molecule has 0 atom stereocenters. The Kier molecular flexibility index (Phi) is 5.63. The lowest BCUT2D eigenvalue weighted by Gasteiger charge is -2.13. The molecular formula is C22H16ClN3O4. The third kappa shape index (κ3) is 4.42. The van der Waals surface area contributed by atoms with Gasteiger partial charge in [0, 0.05) is 21.8 Å². The number of hydrogen-bond donors (Lipinski definition) is 2. The quantitative estimate of drug-likeness (QED) is 0.477. The molecule has 7 nitrogen and oxygen atoms in total. The molecule has 0 radical (unpaired) electrons. The molecule has 2 N–H and O–H groups in total. The van der Waals surface area contributed by atoms with Gasteiger partial charge in [-0.1, -0.05) is 59.2 Å². The molecule has 1 amide bonds. The minimum Gasteiger partial charge on any atom is -0.488 e. The van der Waals surface area contributed by atoms with Crippen molar-refractivity contribution in [1.82, 2.24) is 10.1 Å². The number of nitrogens with zero attached hydrogens (tertiary/aromatic N) is 1. The van der Waals surface area contributed by atoms with Gasteiger partial charge in [-0.15, -0.1) is 0 Å². The van der Waals surface area contributed by atoms with Crippen molar-refractivity contribution in [3.63, 3.8) is 0 Å². The number of nitrogens with one attached hydrogen (secondary N) is 2. The molecule has 1 aromatic heterocycles. The molecule has 3 aromatic carbocycles. The standard InChI is InChI=1S/C22H16ClN3O4/c23-18-10-3-1-6-15(18)13-29-19-11-4-2-9-17(19)21(27)24-16-8-5-7-14(12-16)20-25-22(28)30-26-20/h1-12H,13H2,(H,24,27)(H,25,26,28). The molecule has 0 aliphatic carbocycles. The van der Waals surface area contributed by atoms with Crippen LogP contribution in [0.2, 0.25) is 5.02 Å². The van der Waals surface area contributed by atoms with E-state index in [0.717, 1.165) is 5.56 Å². The number of hydrogen-bond acceptors (Lipinski definition) is 5. The van der Waals surface area contributed by atoms with Gasteiger partial charge in [0.2, 0.25) is 0 Å². The highest BCUT2D eigenvalue weighted by Crippen LogP contribution is 2.24. The monoisotopic (exact) mass is 421 g/mol. The second-order valence-electron chi connectivity index (χ2n) is 6.35. The molecular weight excluding hydrogens is 406 g/mol. The van der Waals surface area contributed by atoms with E-state index < -0.39 is 5.76 Å². The van der Waals surface area contributed by atoms with E-state index in [1.807, 2.05) is 18.2 Å². The summed E-state index contributed by atoms with van der Waals surface area (Å²) in [5, 5.41) is 7.08. The summed E-state index contributed by atoms with van der Waals surface area (Å²) < 4.78 is 10.4. The summed E-state index contributed by atoms with van der Waals surface area (Å²) in [6.45, 7) is 0.235. The van der Waals surface area contributed by atoms with Crippen molar-refractivity contribution in [2.75, 3.05) is 5.32 Å². The van der Waals surface area contributed by atoms with Crippen LogP contribution in [0.25, 0.3) is 11.4 Å². The van der Waals surface area contributed by atoms with Crippen LogP contribution in [0, 0.1) is 0 Å². The minimum absolute atomic E-state index is 0.235. The number of amides is 1. The highest BCUT2D eigenvalue weighted by Gasteiger charge is 2.14. The second kappa shape index (κ2) is 8.67. The van der Waals surface area contributed by atoms with Crippen LogP contribution in [0.1, 0.15) is 15.9 Å². The lowest BCUT2D eigenvalue weighted by Crippen LogP contribution is -2.13. The summed E-state index contributed by atoms with van der Waals surface area (Å²) in [6, 6.07) is 21.2. The zero-order valence-electron chi connectivity index (χ0n) is 15.6. The number of benzene rings is 3. The fourth-order valence-corrected chi connectivity index (χ4v) is 3.04. The number of carbonyl (C=O) groups is 1. The van der Waals surface area contributed by atoms with Crippen molar-refractivity contribution in [3.05, 3.63) is 99.5 Å². The van der Waals surface area contributed by atoms with Gasteiger partial charge in [-0.25, -0.2) is 4.79 Å². The van der Waals surface area contributed by atoms with Crippen molar-refractivity contribution in [2.24, 2.45) is 0 Å². The Bertz CT molecular complexity index is 1250. The Labute approximate surface area is 176 Å². The molecule has 0 bridgehead atoms. The van der Waals surface area contributed by atoms with Crippen LogP contribution in [-0.4, -0.2) is 16.0 Å². The number of rotatable bonds is 6. The average Bonchev–Trinajstić information content (AvgIpc) is 3.20. The van der Waals surface area contributed by atoms with E-state index in [2.05, 4.69) is 20.0 Å². The van der Waals surface area contributed by atoms with Crippen LogP contribution in [0.5, 0.6) is 5.75 Å². The summed E-state index contributed by atoms with van der Waals surface area (Å²) >= 11 is 6.17. The second-order valence-corrected chi connectivity index (χ2v) is 6.76. The highest BCUT2D eigenvalue weighted by molar-refractivity contribution is 6.31. The number of H-pyrrole nitrogens is 1. The summed E-state index contributed by atoms with van der Waals surface area (Å²) in [5.74, 6) is -0.272. The van der Waals surface area contributed by atoms with Gasteiger partial charge >= 0.3 is 5.76 Å². The normalized spacial score (nSPS) is 10.6. The zero-order valence-corrected chi connectivity index (χ0v) is 16.3. The Balaban J connectivity index is 1.52. The van der Waals surface area contributed by atoms with Gasteiger partial charge in [0.05, 0.1) is 5.56 Å². The number of anilines is 1. The average molecular weight is 422 g/mol. The van der Waals surface area contributed by atoms with E-state index in [1.165, 1.54) is 0 Å². The molecule has 0 fully saturated rings. The number of ether oxygens (including phenoxy) is 1. The minimum atomic E-state index is -0.649. The smallest absolute Gasteiger partial charge is 0.439 e. The van der Waals surface area contributed by atoms with E-state index >= 15 is 0 Å². The Hall–Kier alpha value is -3.84. The number of aromatic nitrogens is 2. The van der Waals surface area contributed by atoms with Crippen molar-refractivity contribution in [3.8, 4) is 17.1 Å².